The number of piperidine rings is 2. The van der Waals surface area contributed by atoms with E-state index in [2.05, 4.69) is 15.5 Å². The molecule has 2 heterocycles. The van der Waals surface area contributed by atoms with Crippen LogP contribution in [0.25, 0.3) is 0 Å². The first-order valence-corrected chi connectivity index (χ1v) is 12.0. The van der Waals surface area contributed by atoms with Crippen LogP contribution in [0.15, 0.2) is 48.5 Å². The summed E-state index contributed by atoms with van der Waals surface area (Å²) in [6.07, 6.45) is 5.73. The molecule has 2 aromatic rings. The number of hydrogen-bond acceptors (Lipinski definition) is 4. The van der Waals surface area contributed by atoms with Crippen LogP contribution in [0.3, 0.4) is 0 Å². The summed E-state index contributed by atoms with van der Waals surface area (Å²) >= 11 is 5.91. The van der Waals surface area contributed by atoms with Gasteiger partial charge in [-0.25, -0.2) is 4.79 Å². The van der Waals surface area contributed by atoms with Crippen LogP contribution in [0.4, 0.5) is 10.5 Å². The fourth-order valence-corrected chi connectivity index (χ4v) is 4.83. The van der Waals surface area contributed by atoms with E-state index in [1.807, 2.05) is 4.90 Å². The number of phenolic OH excluding ortho intramolecular Hbond substituents is 1. The molecular weight excluding hydrogens is 440 g/mol. The zero-order chi connectivity index (χ0) is 23.2. The monoisotopic (exact) mass is 470 g/mol. The number of likely N-dealkylation sites (tertiary alicyclic amines) is 2. The summed E-state index contributed by atoms with van der Waals surface area (Å²) in [5.41, 5.74) is 1.21. The summed E-state index contributed by atoms with van der Waals surface area (Å²) in [6, 6.07) is 12.4. The first-order chi connectivity index (χ1) is 16.0. The maximum Gasteiger partial charge on any atom is 0.320 e. The van der Waals surface area contributed by atoms with E-state index >= 15 is 0 Å². The number of hydrogen-bond donors (Lipinski definition) is 3. The van der Waals surface area contributed by atoms with Crippen LogP contribution in [0.2, 0.25) is 5.02 Å². The van der Waals surface area contributed by atoms with Crippen molar-refractivity contribution in [1.29, 1.82) is 0 Å². The Morgan fingerprint density at radius 3 is 2.18 bits per heavy atom. The molecule has 0 aliphatic carbocycles. The Balaban J connectivity index is 1.42. The SMILES string of the molecule is O=C(Nc1ccc(Cl)cc1)NC(C(=O)N1CCC(N2CCCCC2)CC1)c1ccc(O)cc1. The molecule has 176 valence electrons. The smallest absolute Gasteiger partial charge is 0.320 e. The van der Waals surface area contributed by atoms with Crippen LogP contribution in [0, 0.1) is 0 Å². The highest BCUT2D eigenvalue weighted by Crippen LogP contribution is 2.25. The number of benzene rings is 2. The lowest BCUT2D eigenvalue weighted by atomic mass is 9.98. The minimum absolute atomic E-state index is 0.109. The van der Waals surface area contributed by atoms with Crippen LogP contribution in [0.5, 0.6) is 5.75 Å². The van der Waals surface area contributed by atoms with E-state index in [9.17, 15) is 14.7 Å². The number of urea groups is 1. The second-order valence-electron chi connectivity index (χ2n) is 8.78. The lowest BCUT2D eigenvalue weighted by Crippen LogP contribution is -2.51. The molecule has 2 saturated heterocycles. The van der Waals surface area contributed by atoms with Crippen molar-refractivity contribution in [2.24, 2.45) is 0 Å². The number of anilines is 1. The zero-order valence-corrected chi connectivity index (χ0v) is 19.4. The van der Waals surface area contributed by atoms with Gasteiger partial charge in [0.05, 0.1) is 0 Å². The minimum atomic E-state index is -0.843. The summed E-state index contributed by atoms with van der Waals surface area (Å²) in [5, 5.41) is 15.8. The molecular formula is C25H31ClN4O3. The van der Waals surface area contributed by atoms with Crippen LogP contribution in [-0.2, 0) is 4.79 Å². The van der Waals surface area contributed by atoms with Crippen molar-refractivity contribution in [3.63, 3.8) is 0 Å². The molecule has 33 heavy (non-hydrogen) atoms. The Hall–Kier alpha value is -2.77. The average Bonchev–Trinajstić information content (AvgIpc) is 2.85. The summed E-state index contributed by atoms with van der Waals surface area (Å²) in [5.74, 6) is -0.0260. The largest absolute Gasteiger partial charge is 0.508 e. The van der Waals surface area contributed by atoms with Crippen molar-refractivity contribution in [1.82, 2.24) is 15.1 Å². The van der Waals surface area contributed by atoms with E-state index in [1.165, 1.54) is 31.4 Å². The Morgan fingerprint density at radius 1 is 0.909 bits per heavy atom. The standard InChI is InChI=1S/C25H31ClN4O3/c26-19-6-8-20(9-7-19)27-25(33)28-23(18-4-10-22(31)11-5-18)24(32)30-16-12-21(13-17-30)29-14-2-1-3-15-29/h4-11,21,23,31H,1-3,12-17H2,(H2,27,28,33). The highest BCUT2D eigenvalue weighted by Gasteiger charge is 2.32. The molecule has 7 nitrogen and oxygen atoms in total. The van der Waals surface area contributed by atoms with Gasteiger partial charge in [0.25, 0.3) is 0 Å². The normalized spacial score (nSPS) is 18.5. The molecule has 2 aromatic carbocycles. The number of rotatable bonds is 5. The lowest BCUT2D eigenvalue weighted by Gasteiger charge is -2.41. The van der Waals surface area contributed by atoms with Gasteiger partial charge >= 0.3 is 6.03 Å². The van der Waals surface area contributed by atoms with Gasteiger partial charge in [0.2, 0.25) is 5.91 Å². The van der Waals surface area contributed by atoms with Gasteiger partial charge in [0.15, 0.2) is 0 Å². The van der Waals surface area contributed by atoms with Crippen LogP contribution >= 0.6 is 11.6 Å². The number of nitrogens with one attached hydrogen (secondary N) is 2. The maximum atomic E-state index is 13.5. The van der Waals surface area contributed by atoms with Crippen LogP contribution < -0.4 is 10.6 Å². The number of carbonyl (C=O) groups is 2. The first-order valence-electron chi connectivity index (χ1n) is 11.6. The van der Waals surface area contributed by atoms with Crippen molar-refractivity contribution < 1.29 is 14.7 Å². The Labute approximate surface area is 199 Å². The highest BCUT2D eigenvalue weighted by atomic mass is 35.5. The van der Waals surface area contributed by atoms with E-state index in [4.69, 9.17) is 11.6 Å². The minimum Gasteiger partial charge on any atom is -0.508 e. The van der Waals surface area contributed by atoms with Gasteiger partial charge in [-0.3, -0.25) is 4.79 Å². The molecule has 0 aromatic heterocycles. The van der Waals surface area contributed by atoms with Crippen molar-refractivity contribution in [2.45, 2.75) is 44.2 Å². The third-order valence-corrected chi connectivity index (χ3v) is 6.79. The van der Waals surface area contributed by atoms with Crippen molar-refractivity contribution in [3.05, 3.63) is 59.1 Å². The van der Waals surface area contributed by atoms with Gasteiger partial charge in [0.1, 0.15) is 11.8 Å². The quantitative estimate of drug-likeness (QED) is 0.605. The van der Waals surface area contributed by atoms with Gasteiger partial charge in [-0.05, 0) is 80.7 Å². The fraction of sp³-hybridized carbons (Fsp3) is 0.440. The molecule has 2 aliphatic heterocycles. The zero-order valence-electron chi connectivity index (χ0n) is 18.7. The van der Waals surface area contributed by atoms with Gasteiger partial charge in [-0.2, -0.15) is 0 Å². The fourth-order valence-electron chi connectivity index (χ4n) is 4.70. The average molecular weight is 471 g/mol. The number of halogens is 1. The topological polar surface area (TPSA) is 84.9 Å². The number of aromatic hydroxyl groups is 1. The molecule has 0 spiro atoms. The van der Waals surface area contributed by atoms with Gasteiger partial charge in [0, 0.05) is 29.8 Å². The number of phenols is 1. The van der Waals surface area contributed by atoms with Crippen LogP contribution in [-0.4, -0.2) is 59.1 Å². The Kier molecular flexibility index (Phi) is 7.73. The summed E-state index contributed by atoms with van der Waals surface area (Å²) in [4.78, 5) is 30.6. The molecule has 3 amide bonds. The second kappa shape index (κ2) is 10.9. The summed E-state index contributed by atoms with van der Waals surface area (Å²) in [7, 11) is 0. The predicted octanol–water partition coefficient (Wildman–Crippen LogP) is 4.39. The van der Waals surface area contributed by atoms with Gasteiger partial charge < -0.3 is 25.5 Å². The summed E-state index contributed by atoms with van der Waals surface area (Å²) < 4.78 is 0. The third kappa shape index (κ3) is 6.18. The van der Waals surface area contributed by atoms with Gasteiger partial charge in [-0.15, -0.1) is 0 Å². The molecule has 0 bridgehead atoms. The lowest BCUT2D eigenvalue weighted by molar-refractivity contribution is -0.135. The van der Waals surface area contributed by atoms with Crippen molar-refractivity contribution >= 4 is 29.2 Å². The van der Waals surface area contributed by atoms with Crippen molar-refractivity contribution in [3.8, 4) is 5.75 Å². The molecule has 1 atom stereocenters. The third-order valence-electron chi connectivity index (χ3n) is 6.53. The predicted molar refractivity (Wildman–Crippen MR) is 129 cm³/mol. The number of carbonyl (C=O) groups excluding carboxylic acids is 2. The van der Waals surface area contributed by atoms with E-state index in [1.54, 1.807) is 36.4 Å². The van der Waals surface area contributed by atoms with Crippen molar-refractivity contribution in [2.75, 3.05) is 31.5 Å². The van der Waals surface area contributed by atoms with E-state index in [-0.39, 0.29) is 11.7 Å². The molecule has 1 unspecified atom stereocenters. The molecule has 0 saturated carbocycles. The number of nitrogens with zero attached hydrogens (tertiary/aromatic N) is 2. The maximum absolute atomic E-state index is 13.5. The van der Waals surface area contributed by atoms with E-state index in [0.717, 1.165) is 25.9 Å². The molecule has 4 rings (SSSR count). The first kappa shape index (κ1) is 23.4. The summed E-state index contributed by atoms with van der Waals surface area (Å²) in [6.45, 7) is 3.66. The molecule has 3 N–H and O–H groups in total. The molecule has 2 aliphatic rings. The molecule has 0 radical (unpaired) electrons. The number of amides is 3. The Bertz CT molecular complexity index is 937. The van der Waals surface area contributed by atoms with E-state index in [0.29, 0.717) is 35.4 Å². The van der Waals surface area contributed by atoms with Crippen LogP contribution in [0.1, 0.15) is 43.7 Å². The second-order valence-corrected chi connectivity index (χ2v) is 9.22. The Morgan fingerprint density at radius 2 is 1.55 bits per heavy atom. The molecule has 8 heteroatoms. The highest BCUT2D eigenvalue weighted by molar-refractivity contribution is 6.30. The van der Waals surface area contributed by atoms with Gasteiger partial charge in [-0.1, -0.05) is 30.2 Å². The molecule has 2 fully saturated rings. The van der Waals surface area contributed by atoms with E-state index < -0.39 is 12.1 Å².